The summed E-state index contributed by atoms with van der Waals surface area (Å²) >= 11 is 0. The Kier molecular flexibility index (Phi) is 21.6. The zero-order valence-corrected chi connectivity index (χ0v) is 25.1. The number of rotatable bonds is 26. The van der Waals surface area contributed by atoms with E-state index in [0.717, 1.165) is 76.3 Å². The number of aliphatic hydroxyl groups is 4. The molecule has 0 fully saturated rings. The van der Waals surface area contributed by atoms with Crippen molar-refractivity contribution < 1.29 is 30.0 Å². The molecule has 0 bridgehead atoms. The van der Waals surface area contributed by atoms with Crippen molar-refractivity contribution in [2.75, 3.05) is 13.2 Å². The zero-order chi connectivity index (χ0) is 29.4. The number of aliphatic hydroxyl groups excluding tert-OH is 4. The van der Waals surface area contributed by atoms with E-state index in [0.29, 0.717) is 32.4 Å². The van der Waals surface area contributed by atoms with Crippen molar-refractivity contribution in [2.24, 2.45) is 5.92 Å². The topological polar surface area (TPSA) is 138 Å². The second kappa shape index (κ2) is 23.9. The van der Waals surface area contributed by atoms with Crippen molar-refractivity contribution in [3.8, 4) is 0 Å². The summed E-state index contributed by atoms with van der Waals surface area (Å²) in [4.78, 5) is 12.0. The molecule has 0 aliphatic carbocycles. The Bertz CT molecular complexity index is 772. The largest absolute Gasteiger partial charge is 0.465 e. The van der Waals surface area contributed by atoms with Gasteiger partial charge in [0.05, 0.1) is 30.6 Å². The molecule has 0 saturated heterocycles. The van der Waals surface area contributed by atoms with Crippen molar-refractivity contribution >= 4 is 5.97 Å². The maximum absolute atomic E-state index is 12.0. The van der Waals surface area contributed by atoms with Gasteiger partial charge in [0, 0.05) is 38.1 Å². The van der Waals surface area contributed by atoms with Crippen molar-refractivity contribution in [1.82, 2.24) is 15.0 Å². The van der Waals surface area contributed by atoms with Gasteiger partial charge in [0.15, 0.2) is 0 Å². The summed E-state index contributed by atoms with van der Waals surface area (Å²) < 4.78 is 7.09. The van der Waals surface area contributed by atoms with Gasteiger partial charge in [-0.3, -0.25) is 9.48 Å². The number of hydrogen-bond donors (Lipinski definition) is 4. The fourth-order valence-corrected chi connectivity index (χ4v) is 4.55. The first-order valence-electron chi connectivity index (χ1n) is 15.7. The molecule has 9 nitrogen and oxygen atoms in total. The Morgan fingerprint density at radius 1 is 0.975 bits per heavy atom. The molecule has 4 atom stereocenters. The predicted molar refractivity (Wildman–Crippen MR) is 158 cm³/mol. The quantitative estimate of drug-likeness (QED) is 0.0705. The number of ether oxygens (including phenoxy) is 1. The first-order chi connectivity index (χ1) is 19.4. The molecule has 2 unspecified atom stereocenters. The highest BCUT2D eigenvalue weighted by Gasteiger charge is 2.21. The van der Waals surface area contributed by atoms with E-state index in [2.05, 4.69) is 29.4 Å². The number of carbonyl (C=O) groups is 1. The monoisotopic (exact) mass is 567 g/mol. The van der Waals surface area contributed by atoms with Crippen LogP contribution in [0.1, 0.15) is 122 Å². The Morgan fingerprint density at radius 2 is 1.70 bits per heavy atom. The predicted octanol–water partition coefficient (Wildman–Crippen LogP) is 4.89. The second-order valence-corrected chi connectivity index (χ2v) is 11.2. The van der Waals surface area contributed by atoms with E-state index < -0.39 is 12.2 Å². The molecule has 0 aliphatic heterocycles. The number of nitrogens with zero attached hydrogens (tertiary/aromatic N) is 3. The first kappa shape index (κ1) is 36.2. The Balaban J connectivity index is 1.99. The van der Waals surface area contributed by atoms with Gasteiger partial charge in [-0.1, -0.05) is 76.2 Å². The standard InChI is InChI=1S/C31H57N3O6/c1-3-4-5-12-17-28(36)18-13-10-8-6-7-9-11-14-20-30(38)40-23-21-27-24-34(33-32-27)22-16-15-19-29(37)31(39)26(2)25-35/h10,13,24,26,28-29,31,35-37,39H,3-9,11-12,14-23,25H2,1-2H3/b13-10-/t26-,28?,29?,31+/m1/s1. The minimum atomic E-state index is -0.917. The Morgan fingerprint density at radius 3 is 2.48 bits per heavy atom. The van der Waals surface area contributed by atoms with Crippen molar-refractivity contribution in [3.63, 3.8) is 0 Å². The average molecular weight is 568 g/mol. The minimum absolute atomic E-state index is 0.152. The van der Waals surface area contributed by atoms with Crippen molar-refractivity contribution in [2.45, 2.75) is 148 Å². The lowest BCUT2D eigenvalue weighted by Gasteiger charge is -2.22. The van der Waals surface area contributed by atoms with Crippen LogP contribution in [0.5, 0.6) is 0 Å². The Labute approximate surface area is 242 Å². The van der Waals surface area contributed by atoms with Gasteiger partial charge < -0.3 is 25.2 Å². The normalized spacial score (nSPS) is 14.8. The van der Waals surface area contributed by atoms with Gasteiger partial charge in [0.25, 0.3) is 0 Å². The van der Waals surface area contributed by atoms with E-state index in [4.69, 9.17) is 9.84 Å². The van der Waals surface area contributed by atoms with E-state index >= 15 is 0 Å². The smallest absolute Gasteiger partial charge is 0.305 e. The molecule has 1 aromatic heterocycles. The van der Waals surface area contributed by atoms with Crippen LogP contribution in [0.3, 0.4) is 0 Å². The minimum Gasteiger partial charge on any atom is -0.465 e. The molecular weight excluding hydrogens is 510 g/mol. The molecule has 0 saturated carbocycles. The summed E-state index contributed by atoms with van der Waals surface area (Å²) in [6.07, 6.45) is 20.0. The summed E-state index contributed by atoms with van der Waals surface area (Å²) in [6, 6.07) is 0. The molecule has 232 valence electrons. The molecule has 1 heterocycles. The molecule has 0 aromatic carbocycles. The zero-order valence-electron chi connectivity index (χ0n) is 25.1. The molecule has 1 rings (SSSR count). The van der Waals surface area contributed by atoms with Crippen LogP contribution in [-0.4, -0.2) is 72.9 Å². The second-order valence-electron chi connectivity index (χ2n) is 11.2. The molecule has 1 aromatic rings. The van der Waals surface area contributed by atoms with E-state index in [1.807, 2.05) is 6.20 Å². The van der Waals surface area contributed by atoms with Crippen LogP contribution >= 0.6 is 0 Å². The van der Waals surface area contributed by atoms with Crippen LogP contribution in [0.15, 0.2) is 18.3 Å². The van der Waals surface area contributed by atoms with E-state index in [-0.39, 0.29) is 24.6 Å². The lowest BCUT2D eigenvalue weighted by molar-refractivity contribution is -0.143. The van der Waals surface area contributed by atoms with Gasteiger partial charge in [-0.2, -0.15) is 0 Å². The van der Waals surface area contributed by atoms with Crippen LogP contribution in [0, 0.1) is 5.92 Å². The van der Waals surface area contributed by atoms with E-state index in [1.54, 1.807) is 11.6 Å². The number of hydrogen-bond acceptors (Lipinski definition) is 8. The third-order valence-electron chi connectivity index (χ3n) is 7.33. The van der Waals surface area contributed by atoms with Gasteiger partial charge in [-0.15, -0.1) is 5.10 Å². The number of aromatic nitrogens is 3. The number of unbranched alkanes of at least 4 members (excludes halogenated alkanes) is 9. The maximum atomic E-state index is 12.0. The molecule has 0 spiro atoms. The summed E-state index contributed by atoms with van der Waals surface area (Å²) in [6.45, 7) is 4.70. The third-order valence-corrected chi connectivity index (χ3v) is 7.33. The van der Waals surface area contributed by atoms with Crippen molar-refractivity contribution in [1.29, 1.82) is 0 Å². The molecular formula is C31H57N3O6. The Hall–Kier alpha value is -1.81. The molecule has 4 N–H and O–H groups in total. The van der Waals surface area contributed by atoms with Gasteiger partial charge in [-0.05, 0) is 51.4 Å². The lowest BCUT2D eigenvalue weighted by atomic mass is 9.97. The molecule has 0 radical (unpaired) electrons. The number of aryl methyl sites for hydroxylation is 1. The maximum Gasteiger partial charge on any atom is 0.305 e. The number of allylic oxidation sites excluding steroid dienone is 1. The van der Waals surface area contributed by atoms with Gasteiger partial charge in [-0.25, -0.2) is 0 Å². The first-order valence-corrected chi connectivity index (χ1v) is 15.7. The highest BCUT2D eigenvalue weighted by molar-refractivity contribution is 5.69. The van der Waals surface area contributed by atoms with Gasteiger partial charge >= 0.3 is 5.97 Å². The van der Waals surface area contributed by atoms with E-state index in [9.17, 15) is 20.1 Å². The SMILES string of the molecule is CCCCCCC(O)C/C=C\CCCCCCCC(=O)OCCc1cn(CCCCC(O)[C@@H](O)[C@H](C)CO)nn1. The van der Waals surface area contributed by atoms with Crippen molar-refractivity contribution in [3.05, 3.63) is 24.0 Å². The summed E-state index contributed by atoms with van der Waals surface area (Å²) in [5.41, 5.74) is 0.774. The summed E-state index contributed by atoms with van der Waals surface area (Å²) in [5.74, 6) is -0.512. The average Bonchev–Trinajstić information content (AvgIpc) is 3.40. The molecule has 0 aliphatic rings. The third kappa shape index (κ3) is 18.5. The van der Waals surface area contributed by atoms with Gasteiger partial charge in [0.1, 0.15) is 0 Å². The summed E-state index contributed by atoms with van der Waals surface area (Å²) in [7, 11) is 0. The fraction of sp³-hybridized carbons (Fsp3) is 0.839. The summed E-state index contributed by atoms with van der Waals surface area (Å²) in [5, 5.41) is 47.2. The fourth-order valence-electron chi connectivity index (χ4n) is 4.55. The van der Waals surface area contributed by atoms with Crippen LogP contribution in [0.25, 0.3) is 0 Å². The molecule has 0 amide bonds. The van der Waals surface area contributed by atoms with Crippen LogP contribution in [0.2, 0.25) is 0 Å². The number of esters is 1. The lowest BCUT2D eigenvalue weighted by Crippen LogP contribution is -2.33. The van der Waals surface area contributed by atoms with Crippen LogP contribution < -0.4 is 0 Å². The number of carbonyl (C=O) groups excluding carboxylic acids is 1. The van der Waals surface area contributed by atoms with Crippen LogP contribution in [0.4, 0.5) is 0 Å². The van der Waals surface area contributed by atoms with E-state index in [1.165, 1.54) is 19.3 Å². The highest BCUT2D eigenvalue weighted by Crippen LogP contribution is 2.13. The molecule has 9 heteroatoms. The molecule has 40 heavy (non-hydrogen) atoms. The van der Waals surface area contributed by atoms with Gasteiger partial charge in [0.2, 0.25) is 0 Å². The highest BCUT2D eigenvalue weighted by atomic mass is 16.5. The van der Waals surface area contributed by atoms with Crippen LogP contribution in [-0.2, 0) is 22.5 Å².